The number of aryl methyl sites for hydroxylation is 1. The van der Waals surface area contributed by atoms with Gasteiger partial charge in [-0.3, -0.25) is 9.88 Å². The summed E-state index contributed by atoms with van der Waals surface area (Å²) in [6.45, 7) is 4.83. The highest BCUT2D eigenvalue weighted by molar-refractivity contribution is 9.10. The van der Waals surface area contributed by atoms with Crippen LogP contribution >= 0.6 is 15.9 Å². The normalized spacial score (nSPS) is 15.8. The van der Waals surface area contributed by atoms with Crippen molar-refractivity contribution in [2.75, 3.05) is 18.4 Å². The highest BCUT2D eigenvalue weighted by Gasteiger charge is 2.21. The molecule has 0 radical (unpaired) electrons. The first kappa shape index (κ1) is 17.9. The lowest BCUT2D eigenvalue weighted by Crippen LogP contribution is -2.45. The molecule has 6 heteroatoms. The van der Waals surface area contributed by atoms with Crippen molar-refractivity contribution >= 4 is 27.6 Å². The monoisotopic (exact) mass is 402 g/mol. The third kappa shape index (κ3) is 5.28. The average Bonchev–Trinajstić information content (AvgIpc) is 2.61. The molecule has 1 aromatic carbocycles. The van der Waals surface area contributed by atoms with Gasteiger partial charge in [-0.1, -0.05) is 28.1 Å². The van der Waals surface area contributed by atoms with E-state index in [0.717, 1.165) is 53.9 Å². The first-order valence-corrected chi connectivity index (χ1v) is 9.35. The number of nitrogens with zero attached hydrogens (tertiary/aromatic N) is 2. The fourth-order valence-electron chi connectivity index (χ4n) is 2.98. The van der Waals surface area contributed by atoms with Crippen LogP contribution in [0.4, 0.5) is 10.5 Å². The molecule has 1 saturated heterocycles. The molecule has 2 N–H and O–H groups in total. The summed E-state index contributed by atoms with van der Waals surface area (Å²) in [7, 11) is 0. The summed E-state index contributed by atoms with van der Waals surface area (Å²) in [5.41, 5.74) is 3.03. The van der Waals surface area contributed by atoms with Gasteiger partial charge in [0.25, 0.3) is 0 Å². The Balaban J connectivity index is 1.43. The van der Waals surface area contributed by atoms with Crippen LogP contribution in [-0.2, 0) is 6.54 Å². The Bertz CT molecular complexity index is 715. The average molecular weight is 403 g/mol. The molecule has 25 heavy (non-hydrogen) atoms. The van der Waals surface area contributed by atoms with E-state index in [1.807, 2.05) is 43.5 Å². The lowest BCUT2D eigenvalue weighted by atomic mass is 10.1. The summed E-state index contributed by atoms with van der Waals surface area (Å²) >= 11 is 3.49. The van der Waals surface area contributed by atoms with Gasteiger partial charge in [0.1, 0.15) is 0 Å². The summed E-state index contributed by atoms with van der Waals surface area (Å²) in [4.78, 5) is 18.9. The van der Waals surface area contributed by atoms with Crippen molar-refractivity contribution in [1.82, 2.24) is 15.2 Å². The van der Waals surface area contributed by atoms with Crippen LogP contribution in [-0.4, -0.2) is 35.0 Å². The Kier molecular flexibility index (Phi) is 6.04. The Morgan fingerprint density at radius 1 is 1.28 bits per heavy atom. The van der Waals surface area contributed by atoms with Gasteiger partial charge in [0.2, 0.25) is 0 Å². The summed E-state index contributed by atoms with van der Waals surface area (Å²) in [5, 5.41) is 5.98. The molecule has 1 fully saturated rings. The lowest BCUT2D eigenvalue weighted by Gasteiger charge is -2.32. The van der Waals surface area contributed by atoms with Gasteiger partial charge in [-0.05, 0) is 49.6 Å². The third-order valence-electron chi connectivity index (χ3n) is 4.46. The fraction of sp³-hybridized carbons (Fsp3) is 0.368. The highest BCUT2D eigenvalue weighted by atomic mass is 79.9. The van der Waals surface area contributed by atoms with E-state index in [9.17, 15) is 4.79 Å². The summed E-state index contributed by atoms with van der Waals surface area (Å²) in [6, 6.07) is 11.9. The number of anilines is 1. The number of hydrogen-bond acceptors (Lipinski definition) is 3. The zero-order valence-corrected chi connectivity index (χ0v) is 15.9. The minimum atomic E-state index is -0.140. The number of rotatable bonds is 4. The molecule has 0 spiro atoms. The van der Waals surface area contributed by atoms with E-state index in [0.29, 0.717) is 0 Å². The van der Waals surface area contributed by atoms with Gasteiger partial charge < -0.3 is 10.6 Å². The van der Waals surface area contributed by atoms with Gasteiger partial charge in [0.15, 0.2) is 0 Å². The highest BCUT2D eigenvalue weighted by Crippen LogP contribution is 2.20. The van der Waals surface area contributed by atoms with Crippen molar-refractivity contribution in [3.63, 3.8) is 0 Å². The van der Waals surface area contributed by atoms with E-state index >= 15 is 0 Å². The molecular formula is C19H23BrN4O. The molecule has 1 aliphatic rings. The summed E-state index contributed by atoms with van der Waals surface area (Å²) in [5.74, 6) is 0. The van der Waals surface area contributed by atoms with E-state index in [1.165, 1.54) is 0 Å². The molecule has 2 amide bonds. The molecule has 2 aromatic rings. The number of likely N-dealkylation sites (tertiary alicyclic amines) is 1. The predicted octanol–water partition coefficient (Wildman–Crippen LogP) is 3.94. The maximum absolute atomic E-state index is 12.2. The molecule has 1 aliphatic heterocycles. The van der Waals surface area contributed by atoms with Crippen molar-refractivity contribution in [3.8, 4) is 0 Å². The Morgan fingerprint density at radius 3 is 2.76 bits per heavy atom. The summed E-state index contributed by atoms with van der Waals surface area (Å²) in [6.07, 6.45) is 3.74. The number of benzene rings is 1. The fourth-order valence-corrected chi connectivity index (χ4v) is 3.36. The van der Waals surface area contributed by atoms with Crippen molar-refractivity contribution < 1.29 is 4.79 Å². The molecule has 2 heterocycles. The van der Waals surface area contributed by atoms with Crippen LogP contribution in [0.5, 0.6) is 0 Å². The third-order valence-corrected chi connectivity index (χ3v) is 5.32. The minimum absolute atomic E-state index is 0.140. The van der Waals surface area contributed by atoms with Gasteiger partial charge in [-0.15, -0.1) is 0 Å². The molecule has 0 bridgehead atoms. The molecule has 0 saturated carbocycles. The molecule has 0 unspecified atom stereocenters. The number of pyridine rings is 1. The topological polar surface area (TPSA) is 57.3 Å². The van der Waals surface area contributed by atoms with Crippen LogP contribution in [0.3, 0.4) is 0 Å². The Morgan fingerprint density at radius 2 is 2.08 bits per heavy atom. The number of aromatic nitrogens is 1. The summed E-state index contributed by atoms with van der Waals surface area (Å²) < 4.78 is 0.994. The molecule has 132 valence electrons. The number of amides is 2. The van der Waals surface area contributed by atoms with Crippen LogP contribution in [0.25, 0.3) is 0 Å². The van der Waals surface area contributed by atoms with E-state index in [2.05, 4.69) is 42.5 Å². The molecule has 0 atom stereocenters. The SMILES string of the molecule is Cc1ccc(NC(=O)NC2CCN(Cc3ccccn3)CC2)cc1Br. The molecule has 1 aromatic heterocycles. The van der Waals surface area contributed by atoms with Gasteiger partial charge in [0.05, 0.1) is 5.69 Å². The van der Waals surface area contributed by atoms with Crippen molar-refractivity contribution in [3.05, 3.63) is 58.3 Å². The Hall–Kier alpha value is -1.92. The van der Waals surface area contributed by atoms with Crippen LogP contribution < -0.4 is 10.6 Å². The van der Waals surface area contributed by atoms with Crippen molar-refractivity contribution in [1.29, 1.82) is 0 Å². The first-order chi connectivity index (χ1) is 12.1. The van der Waals surface area contributed by atoms with Crippen LogP contribution in [0.15, 0.2) is 47.1 Å². The largest absolute Gasteiger partial charge is 0.335 e. The number of carbonyl (C=O) groups is 1. The Labute approximate surface area is 157 Å². The zero-order chi connectivity index (χ0) is 17.6. The number of urea groups is 1. The lowest BCUT2D eigenvalue weighted by molar-refractivity contribution is 0.188. The van der Waals surface area contributed by atoms with E-state index < -0.39 is 0 Å². The molecule has 5 nitrogen and oxygen atoms in total. The maximum atomic E-state index is 12.2. The first-order valence-electron chi connectivity index (χ1n) is 8.56. The predicted molar refractivity (Wildman–Crippen MR) is 104 cm³/mol. The van der Waals surface area contributed by atoms with Gasteiger partial charge >= 0.3 is 6.03 Å². The van der Waals surface area contributed by atoms with Gasteiger partial charge in [-0.2, -0.15) is 0 Å². The van der Waals surface area contributed by atoms with E-state index in [1.54, 1.807) is 0 Å². The van der Waals surface area contributed by atoms with Crippen molar-refractivity contribution in [2.45, 2.75) is 32.4 Å². The number of halogens is 1. The number of hydrogen-bond donors (Lipinski definition) is 2. The molecule has 3 rings (SSSR count). The van der Waals surface area contributed by atoms with Crippen molar-refractivity contribution in [2.24, 2.45) is 0 Å². The smallest absolute Gasteiger partial charge is 0.319 e. The standard InChI is InChI=1S/C19H23BrN4O/c1-14-5-6-16(12-18(14)20)23-19(25)22-15-7-10-24(11-8-15)13-17-4-2-3-9-21-17/h2-6,9,12,15H,7-8,10-11,13H2,1H3,(H2,22,23,25). The maximum Gasteiger partial charge on any atom is 0.319 e. The second-order valence-corrected chi connectivity index (χ2v) is 7.29. The van der Waals surface area contributed by atoms with Crippen LogP contribution in [0, 0.1) is 6.92 Å². The van der Waals surface area contributed by atoms with E-state index in [-0.39, 0.29) is 12.1 Å². The zero-order valence-electron chi connectivity index (χ0n) is 14.3. The minimum Gasteiger partial charge on any atom is -0.335 e. The molecular weight excluding hydrogens is 380 g/mol. The van der Waals surface area contributed by atoms with E-state index in [4.69, 9.17) is 0 Å². The van der Waals surface area contributed by atoms with Crippen LogP contribution in [0.2, 0.25) is 0 Å². The number of nitrogens with one attached hydrogen (secondary N) is 2. The van der Waals surface area contributed by atoms with Gasteiger partial charge in [0, 0.05) is 42.0 Å². The second kappa shape index (κ2) is 8.45. The quantitative estimate of drug-likeness (QED) is 0.813. The van der Waals surface area contributed by atoms with Gasteiger partial charge in [-0.25, -0.2) is 4.79 Å². The van der Waals surface area contributed by atoms with Crippen LogP contribution in [0.1, 0.15) is 24.1 Å². The second-order valence-electron chi connectivity index (χ2n) is 6.43. The molecule has 0 aliphatic carbocycles. The number of piperidine rings is 1. The number of carbonyl (C=O) groups excluding carboxylic acids is 1.